The lowest BCUT2D eigenvalue weighted by molar-refractivity contribution is -0.122. The van der Waals surface area contributed by atoms with Crippen molar-refractivity contribution >= 4 is 51.6 Å². The monoisotopic (exact) mass is 400 g/mol. The number of hydrogen-bond donors (Lipinski definition) is 1. The maximum absolute atomic E-state index is 13.1. The molecule has 2 aromatic carbocycles. The number of hydrogen-bond acceptors (Lipinski definition) is 2. The Balaban J connectivity index is 1.71. The van der Waals surface area contributed by atoms with Crippen LogP contribution < -0.4 is 5.32 Å². The molecule has 1 fully saturated rings. The van der Waals surface area contributed by atoms with Crippen molar-refractivity contribution < 1.29 is 9.59 Å². The molecule has 0 radical (unpaired) electrons. The van der Waals surface area contributed by atoms with E-state index in [1.54, 1.807) is 22.8 Å². The van der Waals surface area contributed by atoms with Crippen LogP contribution in [0.5, 0.6) is 0 Å². The predicted molar refractivity (Wildman–Crippen MR) is 109 cm³/mol. The van der Waals surface area contributed by atoms with E-state index >= 15 is 0 Å². The minimum Gasteiger partial charge on any atom is -0.326 e. The van der Waals surface area contributed by atoms with Crippen molar-refractivity contribution in [1.29, 1.82) is 0 Å². The summed E-state index contributed by atoms with van der Waals surface area (Å²) in [7, 11) is 0. The van der Waals surface area contributed by atoms with Crippen molar-refractivity contribution in [3.05, 3.63) is 63.8 Å². The van der Waals surface area contributed by atoms with E-state index in [1.165, 1.54) is 0 Å². The normalized spacial score (nSPS) is 14.2. The molecule has 1 aliphatic carbocycles. The highest BCUT2D eigenvalue weighted by atomic mass is 35.5. The fourth-order valence-electron chi connectivity index (χ4n) is 3.43. The van der Waals surface area contributed by atoms with E-state index in [0.29, 0.717) is 10.0 Å². The second-order valence-corrected chi connectivity index (χ2v) is 7.73. The smallest absolute Gasteiger partial charge is 0.265 e. The Bertz CT molecular complexity index is 1050. The van der Waals surface area contributed by atoms with Gasteiger partial charge in [-0.3, -0.25) is 14.2 Å². The van der Waals surface area contributed by atoms with Gasteiger partial charge in [0.15, 0.2) is 0 Å². The third-order valence-electron chi connectivity index (χ3n) is 5.11. The van der Waals surface area contributed by atoms with E-state index in [1.807, 2.05) is 31.2 Å². The van der Waals surface area contributed by atoms with Crippen LogP contribution in [-0.4, -0.2) is 16.4 Å². The number of nitrogens with zero attached hydrogens (tertiary/aromatic N) is 1. The zero-order chi connectivity index (χ0) is 19.1. The third kappa shape index (κ3) is 3.24. The van der Waals surface area contributed by atoms with Crippen LogP contribution in [0.3, 0.4) is 0 Å². The van der Waals surface area contributed by atoms with E-state index in [4.69, 9.17) is 23.2 Å². The van der Waals surface area contributed by atoms with Gasteiger partial charge in [-0.05, 0) is 56.2 Å². The summed E-state index contributed by atoms with van der Waals surface area (Å²) in [5.41, 5.74) is 2.53. The van der Waals surface area contributed by atoms with Crippen LogP contribution in [0, 0.1) is 12.8 Å². The molecule has 0 spiro atoms. The first-order chi connectivity index (χ1) is 13.0. The van der Waals surface area contributed by atoms with Crippen molar-refractivity contribution in [3.63, 3.8) is 0 Å². The summed E-state index contributed by atoms with van der Waals surface area (Å²) in [5.74, 6) is -0.0870. The molecule has 1 heterocycles. The van der Waals surface area contributed by atoms with Crippen LogP contribution in [0.15, 0.2) is 42.5 Å². The Kier molecular flexibility index (Phi) is 4.70. The Morgan fingerprint density at radius 2 is 1.78 bits per heavy atom. The number of benzene rings is 2. The summed E-state index contributed by atoms with van der Waals surface area (Å²) >= 11 is 12.4. The number of amides is 1. The van der Waals surface area contributed by atoms with Crippen molar-refractivity contribution in [1.82, 2.24) is 4.57 Å². The molecule has 4 nitrogen and oxygen atoms in total. The summed E-state index contributed by atoms with van der Waals surface area (Å²) in [6.07, 6.45) is 3.03. The van der Waals surface area contributed by atoms with Gasteiger partial charge in [0.2, 0.25) is 5.91 Å². The number of nitrogens with one attached hydrogen (secondary N) is 1. The van der Waals surface area contributed by atoms with Gasteiger partial charge in [-0.1, -0.05) is 35.7 Å². The van der Waals surface area contributed by atoms with Gasteiger partial charge in [0.25, 0.3) is 5.91 Å². The van der Waals surface area contributed by atoms with Crippen LogP contribution in [0.1, 0.15) is 35.3 Å². The lowest BCUT2D eigenvalue weighted by Crippen LogP contribution is -2.27. The summed E-state index contributed by atoms with van der Waals surface area (Å²) < 4.78 is 1.60. The van der Waals surface area contributed by atoms with Gasteiger partial charge in [0.1, 0.15) is 0 Å². The topological polar surface area (TPSA) is 51.1 Å². The largest absolute Gasteiger partial charge is 0.326 e. The zero-order valence-corrected chi connectivity index (χ0v) is 16.3. The molecule has 6 heteroatoms. The molecule has 0 bridgehead atoms. The maximum Gasteiger partial charge on any atom is 0.265 e. The second-order valence-electron chi connectivity index (χ2n) is 6.91. The van der Waals surface area contributed by atoms with Crippen molar-refractivity contribution in [2.24, 2.45) is 5.92 Å². The quantitative estimate of drug-likeness (QED) is 0.614. The molecule has 1 aliphatic rings. The first-order valence-electron chi connectivity index (χ1n) is 8.87. The molecule has 0 saturated heterocycles. The summed E-state index contributed by atoms with van der Waals surface area (Å²) in [4.78, 5) is 25.3. The fourth-order valence-corrected chi connectivity index (χ4v) is 3.99. The van der Waals surface area contributed by atoms with Crippen LogP contribution >= 0.6 is 23.2 Å². The van der Waals surface area contributed by atoms with Crippen molar-refractivity contribution in [2.75, 3.05) is 5.32 Å². The van der Waals surface area contributed by atoms with Crippen molar-refractivity contribution in [2.45, 2.75) is 26.2 Å². The number of rotatable bonds is 3. The molecule has 0 unspecified atom stereocenters. The molecule has 0 aliphatic heterocycles. The number of aryl methyl sites for hydroxylation is 1. The molecule has 138 valence electrons. The standard InChI is InChI=1S/C21H18Cl2N2O2/c1-12-10-14-11-15(24-20(26)13-4-2-5-13)8-9-18(14)25(12)21(27)19-16(22)6-3-7-17(19)23/h3,6-11,13H,2,4-5H2,1H3,(H,24,26). The number of carbonyl (C=O) groups is 2. The molecule has 3 aromatic rings. The van der Waals surface area contributed by atoms with Gasteiger partial charge in [-0.25, -0.2) is 0 Å². The van der Waals surface area contributed by atoms with Gasteiger partial charge in [-0.2, -0.15) is 0 Å². The van der Waals surface area contributed by atoms with Crippen LogP contribution in [0.25, 0.3) is 10.9 Å². The average Bonchev–Trinajstić information content (AvgIpc) is 2.87. The minimum atomic E-state index is -0.274. The molecular formula is C21H18Cl2N2O2. The average molecular weight is 401 g/mol. The predicted octanol–water partition coefficient (Wildman–Crippen LogP) is 5.68. The molecule has 1 N–H and O–H groups in total. The summed E-state index contributed by atoms with van der Waals surface area (Å²) in [6, 6.07) is 12.5. The van der Waals surface area contributed by atoms with E-state index in [-0.39, 0.29) is 23.3 Å². The van der Waals surface area contributed by atoms with Crippen LogP contribution in [-0.2, 0) is 4.79 Å². The number of aromatic nitrogens is 1. The molecule has 1 aromatic heterocycles. The molecule has 0 atom stereocenters. The third-order valence-corrected chi connectivity index (χ3v) is 5.74. The Labute approximate surface area is 167 Å². The zero-order valence-electron chi connectivity index (χ0n) is 14.8. The van der Waals surface area contributed by atoms with Gasteiger partial charge in [-0.15, -0.1) is 0 Å². The first-order valence-corrected chi connectivity index (χ1v) is 9.63. The van der Waals surface area contributed by atoms with Crippen molar-refractivity contribution in [3.8, 4) is 0 Å². The Morgan fingerprint density at radius 3 is 2.41 bits per heavy atom. The Morgan fingerprint density at radius 1 is 1.07 bits per heavy atom. The van der Waals surface area contributed by atoms with Crippen LogP contribution in [0.4, 0.5) is 5.69 Å². The van der Waals surface area contributed by atoms with Gasteiger partial charge < -0.3 is 5.32 Å². The van der Waals surface area contributed by atoms with Gasteiger partial charge in [0, 0.05) is 22.7 Å². The van der Waals surface area contributed by atoms with E-state index < -0.39 is 0 Å². The summed E-state index contributed by atoms with van der Waals surface area (Å²) in [5, 5.41) is 4.47. The Hall–Kier alpha value is -2.30. The van der Waals surface area contributed by atoms with Crippen LogP contribution in [0.2, 0.25) is 10.0 Å². The summed E-state index contributed by atoms with van der Waals surface area (Å²) in [6.45, 7) is 1.86. The van der Waals surface area contributed by atoms with E-state index in [9.17, 15) is 9.59 Å². The molecule has 1 amide bonds. The minimum absolute atomic E-state index is 0.0654. The number of carbonyl (C=O) groups excluding carboxylic acids is 2. The van der Waals surface area contributed by atoms with E-state index in [0.717, 1.165) is 41.5 Å². The highest BCUT2D eigenvalue weighted by molar-refractivity contribution is 6.40. The first kappa shape index (κ1) is 18.1. The molecule has 4 rings (SSSR count). The fraction of sp³-hybridized carbons (Fsp3) is 0.238. The lowest BCUT2D eigenvalue weighted by atomic mass is 9.85. The number of halogens is 2. The lowest BCUT2D eigenvalue weighted by Gasteiger charge is -2.24. The molecule has 1 saturated carbocycles. The molecular weight excluding hydrogens is 383 g/mol. The number of anilines is 1. The maximum atomic E-state index is 13.1. The van der Waals surface area contributed by atoms with Gasteiger partial charge in [0.05, 0.1) is 21.1 Å². The highest BCUT2D eigenvalue weighted by Crippen LogP contribution is 2.31. The SMILES string of the molecule is Cc1cc2cc(NC(=O)C3CCC3)ccc2n1C(=O)c1c(Cl)cccc1Cl. The number of fused-ring (bicyclic) bond motifs is 1. The second kappa shape index (κ2) is 7.02. The highest BCUT2D eigenvalue weighted by Gasteiger charge is 2.25. The van der Waals surface area contributed by atoms with Gasteiger partial charge >= 0.3 is 0 Å². The molecule has 27 heavy (non-hydrogen) atoms. The van der Waals surface area contributed by atoms with E-state index in [2.05, 4.69) is 5.32 Å².